The van der Waals surface area contributed by atoms with Crippen molar-refractivity contribution in [2.75, 3.05) is 26.8 Å². The van der Waals surface area contributed by atoms with E-state index in [2.05, 4.69) is 0 Å². The topological polar surface area (TPSA) is 87.1 Å². The van der Waals surface area contributed by atoms with Crippen molar-refractivity contribution < 1.29 is 24.5 Å². The molecule has 0 spiro atoms. The van der Waals surface area contributed by atoms with Crippen LogP contribution in [0.3, 0.4) is 0 Å². The molecule has 0 radical (unpaired) electrons. The predicted octanol–water partition coefficient (Wildman–Crippen LogP) is 1.09. The highest BCUT2D eigenvalue weighted by molar-refractivity contribution is 5.75. The van der Waals surface area contributed by atoms with E-state index in [0.29, 0.717) is 19.4 Å². The number of carbonyl (C=O) groups excluding carboxylic acids is 2. The van der Waals surface area contributed by atoms with Gasteiger partial charge in [-0.15, -0.1) is 0 Å². The Balaban J connectivity index is 3.40. The first-order valence-electron chi connectivity index (χ1n) is 7.66. The minimum Gasteiger partial charge on any atom is -0.463 e. The zero-order valence-electron chi connectivity index (χ0n) is 13.2. The van der Waals surface area contributed by atoms with Crippen LogP contribution in [0.5, 0.6) is 0 Å². The average Bonchev–Trinajstić information content (AvgIpc) is 2.44. The molecule has 0 aromatic rings. The lowest BCUT2D eigenvalue weighted by molar-refractivity contribution is -0.146. The van der Waals surface area contributed by atoms with Crippen LogP contribution in [-0.4, -0.2) is 59.9 Å². The van der Waals surface area contributed by atoms with Gasteiger partial charge in [-0.1, -0.05) is 19.3 Å². The van der Waals surface area contributed by atoms with Crippen LogP contribution in [0, 0.1) is 0 Å². The number of aliphatic hydroxyl groups is 2. The van der Waals surface area contributed by atoms with E-state index in [1.807, 2.05) is 0 Å². The third-order valence-corrected chi connectivity index (χ3v) is 3.12. The lowest BCUT2D eigenvalue weighted by atomic mass is 10.1. The minimum absolute atomic E-state index is 0.00655. The van der Waals surface area contributed by atoms with Gasteiger partial charge < -0.3 is 19.8 Å². The standard InChI is InChI=1S/C15H29NO5/c1-13(18)12-21-15(20)9-7-5-3-4-6-8-14(19)16(2)10-11-17/h13,17-18H,3-12H2,1-2H3. The van der Waals surface area contributed by atoms with Gasteiger partial charge in [0.05, 0.1) is 12.7 Å². The first kappa shape index (κ1) is 19.9. The largest absolute Gasteiger partial charge is 0.463 e. The van der Waals surface area contributed by atoms with E-state index < -0.39 is 6.10 Å². The number of rotatable bonds is 12. The van der Waals surface area contributed by atoms with Crippen molar-refractivity contribution in [1.29, 1.82) is 0 Å². The Kier molecular flexibility index (Phi) is 11.9. The van der Waals surface area contributed by atoms with Crippen LogP contribution >= 0.6 is 0 Å². The average molecular weight is 303 g/mol. The number of hydrogen-bond donors (Lipinski definition) is 2. The molecule has 0 aliphatic rings. The van der Waals surface area contributed by atoms with Crippen LogP contribution in [0.25, 0.3) is 0 Å². The molecule has 2 N–H and O–H groups in total. The number of nitrogens with zero attached hydrogens (tertiary/aromatic N) is 1. The third-order valence-electron chi connectivity index (χ3n) is 3.12. The summed E-state index contributed by atoms with van der Waals surface area (Å²) in [4.78, 5) is 24.4. The SMILES string of the molecule is CC(O)COC(=O)CCCCCCCC(=O)N(C)CCO. The summed E-state index contributed by atoms with van der Waals surface area (Å²) >= 11 is 0. The molecule has 1 unspecified atom stereocenters. The Morgan fingerprint density at radius 3 is 2.24 bits per heavy atom. The Morgan fingerprint density at radius 2 is 1.67 bits per heavy atom. The molecule has 1 amide bonds. The molecular formula is C15H29NO5. The molecule has 0 saturated carbocycles. The summed E-state index contributed by atoms with van der Waals surface area (Å²) < 4.78 is 4.85. The Morgan fingerprint density at radius 1 is 1.10 bits per heavy atom. The van der Waals surface area contributed by atoms with E-state index >= 15 is 0 Å². The van der Waals surface area contributed by atoms with Gasteiger partial charge in [0, 0.05) is 26.4 Å². The number of aliphatic hydroxyl groups excluding tert-OH is 2. The Labute approximate surface area is 127 Å². The summed E-state index contributed by atoms with van der Waals surface area (Å²) in [5, 5.41) is 17.7. The molecule has 6 heteroatoms. The molecule has 0 heterocycles. The van der Waals surface area contributed by atoms with Crippen LogP contribution in [-0.2, 0) is 14.3 Å². The molecule has 0 aliphatic heterocycles. The molecule has 0 saturated heterocycles. The van der Waals surface area contributed by atoms with Crippen LogP contribution in [0.4, 0.5) is 0 Å². The second-order valence-electron chi connectivity index (χ2n) is 5.34. The highest BCUT2D eigenvalue weighted by Crippen LogP contribution is 2.08. The van der Waals surface area contributed by atoms with Crippen molar-refractivity contribution in [3.63, 3.8) is 0 Å². The predicted molar refractivity (Wildman–Crippen MR) is 79.7 cm³/mol. The minimum atomic E-state index is -0.615. The Bertz CT molecular complexity index is 294. The highest BCUT2D eigenvalue weighted by Gasteiger charge is 2.07. The summed E-state index contributed by atoms with van der Waals surface area (Å²) in [6.07, 6.45) is 4.76. The summed E-state index contributed by atoms with van der Waals surface area (Å²) in [6.45, 7) is 2.01. The summed E-state index contributed by atoms with van der Waals surface area (Å²) in [5.41, 5.74) is 0. The first-order valence-corrected chi connectivity index (χ1v) is 7.66. The zero-order chi connectivity index (χ0) is 16.1. The van der Waals surface area contributed by atoms with Gasteiger partial charge in [0.1, 0.15) is 6.61 Å². The third kappa shape index (κ3) is 12.3. The molecular weight excluding hydrogens is 274 g/mol. The maximum Gasteiger partial charge on any atom is 0.305 e. The van der Waals surface area contributed by atoms with Crippen LogP contribution in [0.15, 0.2) is 0 Å². The number of esters is 1. The first-order chi connectivity index (χ1) is 9.97. The van der Waals surface area contributed by atoms with E-state index in [1.54, 1.807) is 14.0 Å². The fraction of sp³-hybridized carbons (Fsp3) is 0.867. The van der Waals surface area contributed by atoms with E-state index in [1.165, 1.54) is 4.90 Å². The zero-order valence-corrected chi connectivity index (χ0v) is 13.2. The van der Waals surface area contributed by atoms with Gasteiger partial charge in [0.2, 0.25) is 5.91 Å². The van der Waals surface area contributed by atoms with Gasteiger partial charge in [-0.25, -0.2) is 0 Å². The van der Waals surface area contributed by atoms with E-state index in [0.717, 1.165) is 32.1 Å². The second kappa shape index (κ2) is 12.6. The van der Waals surface area contributed by atoms with Crippen molar-refractivity contribution in [3.8, 4) is 0 Å². The van der Waals surface area contributed by atoms with Crippen LogP contribution in [0.1, 0.15) is 51.9 Å². The number of likely N-dealkylation sites (N-methyl/N-ethyl adjacent to an activating group) is 1. The van der Waals surface area contributed by atoms with Crippen LogP contribution in [0.2, 0.25) is 0 Å². The van der Waals surface area contributed by atoms with Crippen molar-refractivity contribution in [3.05, 3.63) is 0 Å². The van der Waals surface area contributed by atoms with Crippen molar-refractivity contribution >= 4 is 11.9 Å². The van der Waals surface area contributed by atoms with Gasteiger partial charge in [-0.2, -0.15) is 0 Å². The molecule has 6 nitrogen and oxygen atoms in total. The summed E-state index contributed by atoms with van der Waals surface area (Å²) in [5.74, 6) is -0.206. The fourth-order valence-corrected chi connectivity index (χ4v) is 1.83. The molecule has 0 rings (SSSR count). The molecule has 124 valence electrons. The van der Waals surface area contributed by atoms with E-state index in [4.69, 9.17) is 14.9 Å². The summed E-state index contributed by atoms with van der Waals surface area (Å²) in [6, 6.07) is 0. The van der Waals surface area contributed by atoms with Gasteiger partial charge >= 0.3 is 5.97 Å². The fourth-order valence-electron chi connectivity index (χ4n) is 1.83. The molecule has 0 fully saturated rings. The highest BCUT2D eigenvalue weighted by atomic mass is 16.5. The summed E-state index contributed by atoms with van der Waals surface area (Å²) in [7, 11) is 1.69. The Hall–Kier alpha value is -1.14. The number of unbranched alkanes of at least 4 members (excludes halogenated alkanes) is 4. The monoisotopic (exact) mass is 303 g/mol. The number of ether oxygens (including phenoxy) is 1. The van der Waals surface area contributed by atoms with Gasteiger partial charge in [0.25, 0.3) is 0 Å². The quantitative estimate of drug-likeness (QED) is 0.416. The molecule has 1 atom stereocenters. The molecule has 0 bridgehead atoms. The van der Waals surface area contributed by atoms with Crippen molar-refractivity contribution in [2.24, 2.45) is 0 Å². The number of hydrogen-bond acceptors (Lipinski definition) is 5. The number of amides is 1. The molecule has 0 aromatic heterocycles. The van der Waals surface area contributed by atoms with Gasteiger partial charge in [0.15, 0.2) is 0 Å². The number of carbonyl (C=O) groups is 2. The van der Waals surface area contributed by atoms with E-state index in [-0.39, 0.29) is 25.1 Å². The van der Waals surface area contributed by atoms with Gasteiger partial charge in [-0.3, -0.25) is 9.59 Å². The molecule has 0 aliphatic carbocycles. The van der Waals surface area contributed by atoms with Crippen molar-refractivity contribution in [1.82, 2.24) is 4.90 Å². The lowest BCUT2D eigenvalue weighted by Crippen LogP contribution is -2.29. The molecule has 0 aromatic carbocycles. The normalized spacial score (nSPS) is 12.0. The molecule has 21 heavy (non-hydrogen) atoms. The maximum atomic E-state index is 11.6. The van der Waals surface area contributed by atoms with Crippen molar-refractivity contribution in [2.45, 2.75) is 58.0 Å². The smallest absolute Gasteiger partial charge is 0.305 e. The second-order valence-corrected chi connectivity index (χ2v) is 5.34. The van der Waals surface area contributed by atoms with Crippen LogP contribution < -0.4 is 0 Å². The lowest BCUT2D eigenvalue weighted by Gasteiger charge is -2.15. The maximum absolute atomic E-state index is 11.6. The van der Waals surface area contributed by atoms with Gasteiger partial charge in [-0.05, 0) is 19.8 Å². The van der Waals surface area contributed by atoms with E-state index in [9.17, 15) is 9.59 Å².